The van der Waals surface area contributed by atoms with Crippen molar-refractivity contribution in [2.75, 3.05) is 6.61 Å². The Morgan fingerprint density at radius 2 is 1.95 bits per heavy atom. The van der Waals surface area contributed by atoms with Crippen LogP contribution in [0.1, 0.15) is 38.5 Å². The summed E-state index contributed by atoms with van der Waals surface area (Å²) < 4.78 is 31.9. The number of carbonyl (C=O) groups is 1. The number of alkyl halides is 2. The van der Waals surface area contributed by atoms with E-state index in [0.717, 1.165) is 19.4 Å². The van der Waals surface area contributed by atoms with Crippen LogP contribution in [0.5, 0.6) is 0 Å². The standard InChI is InChI=1S/C14H22F2N2O2/c15-14(16)5-3-8(4-6-14)13(19)18-11-10(17)9-2-1-7-20-12(9)11/h8-12H,1-7,17H2,(H,18,19). The summed E-state index contributed by atoms with van der Waals surface area (Å²) >= 11 is 0. The number of amides is 1. The van der Waals surface area contributed by atoms with Crippen molar-refractivity contribution in [3.63, 3.8) is 0 Å². The third-order valence-electron chi connectivity index (χ3n) is 5.07. The number of ether oxygens (including phenoxy) is 1. The van der Waals surface area contributed by atoms with Gasteiger partial charge in [0, 0.05) is 37.3 Å². The molecule has 4 nitrogen and oxygen atoms in total. The van der Waals surface area contributed by atoms with Crippen LogP contribution < -0.4 is 11.1 Å². The van der Waals surface area contributed by atoms with Crippen molar-refractivity contribution in [3.05, 3.63) is 0 Å². The van der Waals surface area contributed by atoms with Crippen LogP contribution in [0.3, 0.4) is 0 Å². The van der Waals surface area contributed by atoms with Crippen LogP contribution in [0.25, 0.3) is 0 Å². The van der Waals surface area contributed by atoms with E-state index < -0.39 is 5.92 Å². The molecule has 2 aliphatic carbocycles. The largest absolute Gasteiger partial charge is 0.376 e. The summed E-state index contributed by atoms with van der Waals surface area (Å²) in [6.07, 6.45) is 2.23. The topological polar surface area (TPSA) is 64.3 Å². The van der Waals surface area contributed by atoms with Gasteiger partial charge in [0.2, 0.25) is 11.8 Å². The van der Waals surface area contributed by atoms with Crippen molar-refractivity contribution in [3.8, 4) is 0 Å². The second kappa shape index (κ2) is 5.22. The molecular weight excluding hydrogens is 266 g/mol. The quantitative estimate of drug-likeness (QED) is 0.808. The molecule has 4 atom stereocenters. The van der Waals surface area contributed by atoms with Gasteiger partial charge in [-0.3, -0.25) is 4.79 Å². The Morgan fingerprint density at radius 3 is 2.65 bits per heavy atom. The highest BCUT2D eigenvalue weighted by Crippen LogP contribution is 2.39. The smallest absolute Gasteiger partial charge is 0.248 e. The summed E-state index contributed by atoms with van der Waals surface area (Å²) in [6, 6.07) is -0.204. The zero-order valence-electron chi connectivity index (χ0n) is 11.5. The van der Waals surface area contributed by atoms with E-state index in [4.69, 9.17) is 10.5 Å². The maximum absolute atomic E-state index is 13.1. The van der Waals surface area contributed by atoms with Crippen LogP contribution >= 0.6 is 0 Å². The molecular formula is C14H22F2N2O2. The minimum atomic E-state index is -2.60. The van der Waals surface area contributed by atoms with Crippen LogP contribution in [0.4, 0.5) is 8.78 Å². The molecule has 114 valence electrons. The lowest BCUT2D eigenvalue weighted by molar-refractivity contribution is -0.144. The average molecular weight is 288 g/mol. The maximum atomic E-state index is 13.1. The summed E-state index contributed by atoms with van der Waals surface area (Å²) in [5.74, 6) is -2.69. The fraction of sp³-hybridized carbons (Fsp3) is 0.929. The van der Waals surface area contributed by atoms with Crippen molar-refractivity contribution < 1.29 is 18.3 Å². The van der Waals surface area contributed by atoms with Crippen LogP contribution in [0, 0.1) is 11.8 Å². The third kappa shape index (κ3) is 2.55. The lowest BCUT2D eigenvalue weighted by atomic mass is 9.68. The number of carbonyl (C=O) groups excluding carboxylic acids is 1. The molecule has 3 aliphatic rings. The van der Waals surface area contributed by atoms with Crippen LogP contribution in [-0.4, -0.2) is 36.6 Å². The van der Waals surface area contributed by atoms with E-state index in [1.165, 1.54) is 0 Å². The van der Waals surface area contributed by atoms with E-state index in [0.29, 0.717) is 5.92 Å². The van der Waals surface area contributed by atoms with E-state index in [1.807, 2.05) is 0 Å². The predicted octanol–water partition coefficient (Wildman–Crippen LogP) is 1.43. The normalized spacial score (nSPS) is 40.5. The fourth-order valence-electron chi connectivity index (χ4n) is 3.71. The van der Waals surface area contributed by atoms with E-state index in [-0.39, 0.29) is 55.7 Å². The zero-order chi connectivity index (χ0) is 14.3. The molecule has 3 rings (SSSR count). The highest BCUT2D eigenvalue weighted by Gasteiger charge is 2.51. The molecule has 2 saturated carbocycles. The van der Waals surface area contributed by atoms with Gasteiger partial charge in [-0.2, -0.15) is 0 Å². The minimum Gasteiger partial charge on any atom is -0.376 e. The Morgan fingerprint density at radius 1 is 1.25 bits per heavy atom. The highest BCUT2D eigenvalue weighted by atomic mass is 19.3. The Balaban J connectivity index is 1.52. The van der Waals surface area contributed by atoms with E-state index in [1.54, 1.807) is 0 Å². The van der Waals surface area contributed by atoms with Crippen LogP contribution in [0.2, 0.25) is 0 Å². The van der Waals surface area contributed by atoms with Crippen molar-refractivity contribution in [2.45, 2.75) is 62.6 Å². The zero-order valence-corrected chi connectivity index (χ0v) is 11.5. The number of rotatable bonds is 2. The Hall–Kier alpha value is -0.750. The Bertz CT molecular complexity index is 381. The molecule has 4 unspecified atom stereocenters. The first-order valence-electron chi connectivity index (χ1n) is 7.53. The SMILES string of the molecule is NC1C2CCCOC2C1NC(=O)C1CCC(F)(F)CC1. The monoisotopic (exact) mass is 288 g/mol. The molecule has 20 heavy (non-hydrogen) atoms. The fourth-order valence-corrected chi connectivity index (χ4v) is 3.71. The molecule has 0 aromatic rings. The number of hydrogen-bond acceptors (Lipinski definition) is 3. The summed E-state index contributed by atoms with van der Waals surface area (Å²) in [5, 5.41) is 2.93. The number of hydrogen-bond donors (Lipinski definition) is 2. The van der Waals surface area contributed by atoms with Crippen molar-refractivity contribution in [2.24, 2.45) is 17.6 Å². The first-order valence-corrected chi connectivity index (χ1v) is 7.53. The lowest BCUT2D eigenvalue weighted by Crippen LogP contribution is -2.72. The number of nitrogens with one attached hydrogen (secondary N) is 1. The highest BCUT2D eigenvalue weighted by molar-refractivity contribution is 5.79. The summed E-state index contributed by atoms with van der Waals surface area (Å²) in [7, 11) is 0. The molecule has 6 heteroatoms. The third-order valence-corrected chi connectivity index (χ3v) is 5.07. The van der Waals surface area contributed by atoms with Gasteiger partial charge in [0.05, 0.1) is 12.1 Å². The molecule has 0 bridgehead atoms. The summed E-state index contributed by atoms with van der Waals surface area (Å²) in [5.41, 5.74) is 6.08. The van der Waals surface area contributed by atoms with Crippen molar-refractivity contribution in [1.82, 2.24) is 5.32 Å². The molecule has 0 aromatic carbocycles. The van der Waals surface area contributed by atoms with Crippen molar-refractivity contribution >= 4 is 5.91 Å². The first-order chi connectivity index (χ1) is 9.48. The van der Waals surface area contributed by atoms with Gasteiger partial charge < -0.3 is 15.8 Å². The van der Waals surface area contributed by atoms with Gasteiger partial charge in [0.1, 0.15) is 0 Å². The van der Waals surface area contributed by atoms with Gasteiger partial charge >= 0.3 is 0 Å². The van der Waals surface area contributed by atoms with Gasteiger partial charge in [0.25, 0.3) is 0 Å². The van der Waals surface area contributed by atoms with Gasteiger partial charge in [0.15, 0.2) is 0 Å². The number of fused-ring (bicyclic) bond motifs is 1. The lowest BCUT2D eigenvalue weighted by Gasteiger charge is -2.52. The molecule has 3 N–H and O–H groups in total. The van der Waals surface area contributed by atoms with E-state index in [2.05, 4.69) is 5.32 Å². The number of halogens is 2. The number of nitrogens with two attached hydrogens (primary N) is 1. The molecule has 0 spiro atoms. The molecule has 1 heterocycles. The second-order valence-corrected chi connectivity index (χ2v) is 6.38. The average Bonchev–Trinajstić information content (AvgIpc) is 2.44. The Kier molecular flexibility index (Phi) is 3.71. The van der Waals surface area contributed by atoms with Crippen LogP contribution in [0.15, 0.2) is 0 Å². The van der Waals surface area contributed by atoms with Gasteiger partial charge in [-0.1, -0.05) is 0 Å². The molecule has 3 fully saturated rings. The predicted molar refractivity (Wildman–Crippen MR) is 69.3 cm³/mol. The minimum absolute atomic E-state index is 0.0210. The second-order valence-electron chi connectivity index (χ2n) is 6.38. The molecule has 0 aromatic heterocycles. The van der Waals surface area contributed by atoms with Gasteiger partial charge in [-0.05, 0) is 25.7 Å². The first kappa shape index (κ1) is 14.2. The maximum Gasteiger partial charge on any atom is 0.248 e. The van der Waals surface area contributed by atoms with E-state index >= 15 is 0 Å². The molecule has 1 amide bonds. The van der Waals surface area contributed by atoms with Gasteiger partial charge in [-0.25, -0.2) is 8.78 Å². The van der Waals surface area contributed by atoms with Gasteiger partial charge in [-0.15, -0.1) is 0 Å². The van der Waals surface area contributed by atoms with E-state index in [9.17, 15) is 13.6 Å². The summed E-state index contributed by atoms with van der Waals surface area (Å²) in [4.78, 5) is 12.2. The molecule has 1 saturated heterocycles. The Labute approximate surface area is 117 Å². The molecule has 1 aliphatic heterocycles. The molecule has 0 radical (unpaired) electrons. The van der Waals surface area contributed by atoms with Crippen LogP contribution in [-0.2, 0) is 9.53 Å². The summed E-state index contributed by atoms with van der Waals surface area (Å²) in [6.45, 7) is 0.718. The van der Waals surface area contributed by atoms with Crippen molar-refractivity contribution in [1.29, 1.82) is 0 Å².